The van der Waals surface area contributed by atoms with Crippen molar-refractivity contribution in [3.05, 3.63) is 102 Å². The lowest BCUT2D eigenvalue weighted by Crippen LogP contribution is -2.53. The van der Waals surface area contributed by atoms with E-state index in [1.54, 1.807) is 6.08 Å². The summed E-state index contributed by atoms with van der Waals surface area (Å²) < 4.78 is 0. The molecular formula is C30H27ClN4. The number of pyridine rings is 1. The fourth-order valence-electron chi connectivity index (χ4n) is 5.17. The van der Waals surface area contributed by atoms with Crippen LogP contribution >= 0.6 is 11.6 Å². The molecule has 0 spiro atoms. The van der Waals surface area contributed by atoms with E-state index in [9.17, 15) is 5.26 Å². The molecule has 3 aromatic carbocycles. The van der Waals surface area contributed by atoms with Gasteiger partial charge in [0, 0.05) is 41.8 Å². The van der Waals surface area contributed by atoms with Gasteiger partial charge in [-0.15, -0.1) is 6.58 Å². The van der Waals surface area contributed by atoms with Gasteiger partial charge in [-0.2, -0.15) is 5.26 Å². The number of nitriles is 1. The molecule has 2 aliphatic rings. The maximum absolute atomic E-state index is 10.1. The quantitative estimate of drug-likeness (QED) is 0.260. The Labute approximate surface area is 211 Å². The third-order valence-corrected chi connectivity index (χ3v) is 6.90. The van der Waals surface area contributed by atoms with Crippen molar-refractivity contribution in [2.75, 3.05) is 29.4 Å². The van der Waals surface area contributed by atoms with Crippen LogP contribution in [0.25, 0.3) is 21.9 Å². The van der Waals surface area contributed by atoms with Crippen LogP contribution in [0.3, 0.4) is 0 Å². The van der Waals surface area contributed by atoms with Gasteiger partial charge in [0.1, 0.15) is 11.9 Å². The second-order valence-electron chi connectivity index (χ2n) is 8.83. The molecule has 0 N–H and O–H groups in total. The van der Waals surface area contributed by atoms with Crippen LogP contribution in [-0.2, 0) is 6.42 Å². The Hall–Kier alpha value is -3.81. The number of hydrogen-bond acceptors (Lipinski definition) is 4. The van der Waals surface area contributed by atoms with Crippen molar-refractivity contribution in [1.82, 2.24) is 4.98 Å². The molecule has 1 aliphatic heterocycles. The lowest BCUT2D eigenvalue weighted by atomic mass is 10.0. The molecule has 1 unspecified atom stereocenters. The van der Waals surface area contributed by atoms with Gasteiger partial charge >= 0.3 is 0 Å². The fraction of sp³-hybridized carbons (Fsp3) is 0.200. The predicted molar refractivity (Wildman–Crippen MR) is 146 cm³/mol. The maximum atomic E-state index is 10.1. The molecule has 4 nitrogen and oxygen atoms in total. The number of nitrogens with zero attached hydrogens (tertiary/aromatic N) is 4. The van der Waals surface area contributed by atoms with E-state index in [0.29, 0.717) is 11.6 Å². The molecule has 35 heavy (non-hydrogen) atoms. The van der Waals surface area contributed by atoms with Crippen molar-refractivity contribution in [2.45, 2.75) is 19.4 Å². The topological polar surface area (TPSA) is 43.2 Å². The average molecular weight is 479 g/mol. The van der Waals surface area contributed by atoms with Crippen LogP contribution in [0.2, 0.25) is 5.02 Å². The number of rotatable bonds is 2. The number of aromatic nitrogens is 1. The van der Waals surface area contributed by atoms with Crippen LogP contribution < -0.4 is 9.80 Å². The summed E-state index contributed by atoms with van der Waals surface area (Å²) in [6.07, 6.45) is 4.49. The molecule has 1 aromatic heterocycles. The average Bonchev–Trinajstić information content (AvgIpc) is 3.27. The number of anilines is 2. The highest BCUT2D eigenvalue weighted by atomic mass is 35.5. The number of fused-ring (bicyclic) bond motifs is 4. The third-order valence-electron chi connectivity index (χ3n) is 6.67. The first-order valence-electron chi connectivity index (χ1n) is 11.9. The van der Waals surface area contributed by atoms with Crippen LogP contribution in [0.15, 0.2) is 85.6 Å². The highest BCUT2D eigenvalue weighted by Crippen LogP contribution is 2.42. The third kappa shape index (κ3) is 4.24. The Morgan fingerprint density at radius 1 is 1.06 bits per heavy atom. The number of hydrogen-bond donors (Lipinski definition) is 0. The monoisotopic (exact) mass is 478 g/mol. The molecule has 0 saturated carbocycles. The molecule has 0 bridgehead atoms. The van der Waals surface area contributed by atoms with E-state index in [-0.39, 0.29) is 6.04 Å². The minimum atomic E-state index is -0.247. The molecule has 1 aliphatic carbocycles. The first-order valence-corrected chi connectivity index (χ1v) is 12.2. The van der Waals surface area contributed by atoms with Gasteiger partial charge in [-0.25, -0.2) is 4.98 Å². The Kier molecular flexibility index (Phi) is 6.44. The summed E-state index contributed by atoms with van der Waals surface area (Å²) in [6.45, 7) is 7.45. The molecule has 1 atom stereocenters. The van der Waals surface area contributed by atoms with Crippen LogP contribution in [0, 0.1) is 11.3 Å². The van der Waals surface area contributed by atoms with Crippen LogP contribution in [0.1, 0.15) is 18.1 Å². The fourth-order valence-corrected chi connectivity index (χ4v) is 5.35. The van der Waals surface area contributed by atoms with E-state index in [2.05, 4.69) is 69.9 Å². The standard InChI is InChI=1S/C27H21ClN4.C3H6/c28-20-8-9-23-19(14-20)10-11-30-27(23)31-12-13-32(21(16-29)17-31)26-7-3-6-24-22-5-2-1-4-18(22)15-25(24)26;1-3-2/h1-11,14,21H,12-13,15,17H2;3H,1H2,2H3. The SMILES string of the molecule is C=CC.N#CC1CN(c2nccc3cc(Cl)ccc23)CCN1c1cccc2c1Cc1ccccc1-2. The minimum absolute atomic E-state index is 0.247. The van der Waals surface area contributed by atoms with Crippen LogP contribution in [0.5, 0.6) is 0 Å². The largest absolute Gasteiger partial charge is 0.352 e. The summed E-state index contributed by atoms with van der Waals surface area (Å²) in [5, 5.41) is 13.0. The number of allylic oxidation sites excluding steroid dienone is 1. The van der Waals surface area contributed by atoms with Gasteiger partial charge in [-0.05, 0) is 64.9 Å². The minimum Gasteiger partial charge on any atom is -0.352 e. The summed E-state index contributed by atoms with van der Waals surface area (Å²) in [6, 6.07) is 25.3. The van der Waals surface area contributed by atoms with Gasteiger partial charge in [0.15, 0.2) is 0 Å². The van der Waals surface area contributed by atoms with E-state index in [1.165, 1.54) is 27.9 Å². The second-order valence-corrected chi connectivity index (χ2v) is 9.27. The van der Waals surface area contributed by atoms with Crippen LogP contribution in [0.4, 0.5) is 11.5 Å². The van der Waals surface area contributed by atoms with E-state index in [1.807, 2.05) is 37.4 Å². The van der Waals surface area contributed by atoms with E-state index in [4.69, 9.17) is 11.6 Å². The van der Waals surface area contributed by atoms with Crippen molar-refractivity contribution in [2.24, 2.45) is 0 Å². The Balaban J connectivity index is 0.000000806. The summed E-state index contributed by atoms with van der Waals surface area (Å²) >= 11 is 6.19. The summed E-state index contributed by atoms with van der Waals surface area (Å²) in [5.74, 6) is 0.921. The highest BCUT2D eigenvalue weighted by molar-refractivity contribution is 6.31. The van der Waals surface area contributed by atoms with Crippen molar-refractivity contribution in [3.63, 3.8) is 0 Å². The van der Waals surface area contributed by atoms with Crippen molar-refractivity contribution >= 4 is 33.9 Å². The molecule has 6 rings (SSSR count). The zero-order valence-electron chi connectivity index (χ0n) is 19.8. The van der Waals surface area contributed by atoms with Gasteiger partial charge in [0.2, 0.25) is 0 Å². The van der Waals surface area contributed by atoms with Gasteiger partial charge < -0.3 is 9.80 Å². The molecule has 0 amide bonds. The van der Waals surface area contributed by atoms with E-state index >= 15 is 0 Å². The van der Waals surface area contributed by atoms with E-state index < -0.39 is 0 Å². The lowest BCUT2D eigenvalue weighted by molar-refractivity contribution is 0.587. The second kappa shape index (κ2) is 9.82. The summed E-state index contributed by atoms with van der Waals surface area (Å²) in [7, 11) is 0. The first-order chi connectivity index (χ1) is 17.1. The molecule has 2 heterocycles. The Morgan fingerprint density at radius 3 is 2.69 bits per heavy atom. The summed E-state index contributed by atoms with van der Waals surface area (Å²) in [5.41, 5.74) is 6.49. The molecular weight excluding hydrogens is 452 g/mol. The highest BCUT2D eigenvalue weighted by Gasteiger charge is 2.32. The smallest absolute Gasteiger partial charge is 0.136 e. The maximum Gasteiger partial charge on any atom is 0.136 e. The normalized spacial score (nSPS) is 16.1. The predicted octanol–water partition coefficient (Wildman–Crippen LogP) is 6.87. The van der Waals surface area contributed by atoms with Crippen molar-refractivity contribution < 1.29 is 0 Å². The molecule has 5 heteroatoms. The Morgan fingerprint density at radius 2 is 1.86 bits per heavy atom. The molecule has 0 radical (unpaired) electrons. The van der Waals surface area contributed by atoms with Gasteiger partial charge in [-0.1, -0.05) is 54.1 Å². The zero-order valence-corrected chi connectivity index (χ0v) is 20.5. The first kappa shape index (κ1) is 23.0. The van der Waals surface area contributed by atoms with E-state index in [0.717, 1.165) is 36.1 Å². The van der Waals surface area contributed by atoms with Gasteiger partial charge in [-0.3, -0.25) is 0 Å². The molecule has 4 aromatic rings. The zero-order chi connectivity index (χ0) is 24.4. The Bertz CT molecular complexity index is 1440. The van der Waals surface area contributed by atoms with Crippen molar-refractivity contribution in [1.29, 1.82) is 5.26 Å². The molecule has 174 valence electrons. The molecule has 1 fully saturated rings. The molecule has 1 saturated heterocycles. The van der Waals surface area contributed by atoms with Crippen molar-refractivity contribution in [3.8, 4) is 17.2 Å². The van der Waals surface area contributed by atoms with Crippen LogP contribution in [-0.4, -0.2) is 30.7 Å². The number of piperazine rings is 1. The summed E-state index contributed by atoms with van der Waals surface area (Å²) in [4.78, 5) is 9.18. The number of benzene rings is 3. The van der Waals surface area contributed by atoms with Gasteiger partial charge in [0.25, 0.3) is 0 Å². The lowest BCUT2D eigenvalue weighted by Gasteiger charge is -2.41. The number of halogens is 1. The van der Waals surface area contributed by atoms with Gasteiger partial charge in [0.05, 0.1) is 12.6 Å².